The van der Waals surface area contributed by atoms with Crippen LogP contribution in [0.25, 0.3) is 0 Å². The van der Waals surface area contributed by atoms with Crippen LogP contribution in [0.1, 0.15) is 24.1 Å². The monoisotopic (exact) mass is 396 g/mol. The molecule has 2 aromatic carbocycles. The fourth-order valence-electron chi connectivity index (χ4n) is 2.37. The molecule has 0 bridgehead atoms. The van der Waals surface area contributed by atoms with Crippen molar-refractivity contribution >= 4 is 34.8 Å². The average molecular weight is 397 g/mol. The smallest absolute Gasteiger partial charge is 0.270 e. The van der Waals surface area contributed by atoms with Crippen LogP contribution in [-0.4, -0.2) is 18.0 Å². The highest BCUT2D eigenvalue weighted by Gasteiger charge is 2.13. The zero-order valence-corrected chi connectivity index (χ0v) is 15.7. The number of methoxy groups -OCH3 is 1. The van der Waals surface area contributed by atoms with Crippen LogP contribution < -0.4 is 15.8 Å². The Morgan fingerprint density at radius 3 is 2.69 bits per heavy atom. The third-order valence-corrected chi connectivity index (χ3v) is 4.25. The first-order valence-corrected chi connectivity index (χ1v) is 8.40. The Hall–Kier alpha value is -2.51. The summed E-state index contributed by atoms with van der Waals surface area (Å²) in [5, 5.41) is 15.0. The fourth-order valence-corrected chi connectivity index (χ4v) is 2.94. The number of nitrogens with one attached hydrogen (secondary N) is 1. The summed E-state index contributed by atoms with van der Waals surface area (Å²) in [5.41, 5.74) is 7.27. The molecule has 26 heavy (non-hydrogen) atoms. The van der Waals surface area contributed by atoms with Crippen molar-refractivity contribution in [1.29, 1.82) is 0 Å². The number of nitrogens with two attached hydrogens (primary N) is 1. The van der Waals surface area contributed by atoms with E-state index in [1.165, 1.54) is 25.3 Å². The quantitative estimate of drug-likeness (QED) is 0.331. The molecule has 138 valence electrons. The molecule has 3 N–H and O–H groups in total. The zero-order valence-electron chi connectivity index (χ0n) is 14.2. The first kappa shape index (κ1) is 19.8. The van der Waals surface area contributed by atoms with E-state index in [9.17, 15) is 10.1 Å². The molecule has 0 aliphatic heterocycles. The number of hydrogen-bond donors (Lipinski definition) is 2. The standard InChI is InChI=1S/C17H18Cl2N4O3/c1-10(14-5-3-12(18)8-15(14)19)22-17(20)21-9-11-7-13(23(24)25)4-6-16(11)26-2/h3-8,10H,9H2,1-2H3,(H3,20,21,22). The molecule has 0 radical (unpaired) electrons. The van der Waals surface area contributed by atoms with Crippen LogP contribution in [0.2, 0.25) is 10.0 Å². The molecule has 2 rings (SSSR count). The summed E-state index contributed by atoms with van der Waals surface area (Å²) in [6.45, 7) is 2.01. The molecule has 0 aromatic heterocycles. The number of ether oxygens (including phenoxy) is 1. The molecule has 0 aliphatic rings. The lowest BCUT2D eigenvalue weighted by molar-refractivity contribution is -0.384. The normalized spacial score (nSPS) is 12.5. The second-order valence-electron chi connectivity index (χ2n) is 5.49. The number of nitrogens with zero attached hydrogens (tertiary/aromatic N) is 2. The van der Waals surface area contributed by atoms with Gasteiger partial charge in [0.05, 0.1) is 24.6 Å². The van der Waals surface area contributed by atoms with Crippen molar-refractivity contribution in [2.75, 3.05) is 7.11 Å². The van der Waals surface area contributed by atoms with Crippen LogP contribution >= 0.6 is 23.2 Å². The molecule has 2 aromatic rings. The number of non-ortho nitro benzene ring substituents is 1. The number of aliphatic imine (C=N–C) groups is 1. The summed E-state index contributed by atoms with van der Waals surface area (Å²) in [6, 6.07) is 9.31. The van der Waals surface area contributed by atoms with E-state index in [1.807, 2.05) is 6.92 Å². The molecule has 7 nitrogen and oxygen atoms in total. The second kappa shape index (κ2) is 8.73. The van der Waals surface area contributed by atoms with Gasteiger partial charge in [0.25, 0.3) is 5.69 Å². The Morgan fingerprint density at radius 2 is 2.08 bits per heavy atom. The Kier molecular flexibility index (Phi) is 6.65. The predicted octanol–water partition coefficient (Wildman–Crippen LogP) is 4.08. The van der Waals surface area contributed by atoms with Gasteiger partial charge in [0.2, 0.25) is 0 Å². The summed E-state index contributed by atoms with van der Waals surface area (Å²) in [5.74, 6) is 0.679. The van der Waals surface area contributed by atoms with Gasteiger partial charge >= 0.3 is 0 Å². The maximum Gasteiger partial charge on any atom is 0.270 e. The van der Waals surface area contributed by atoms with Crippen LogP contribution in [-0.2, 0) is 6.54 Å². The fraction of sp³-hybridized carbons (Fsp3) is 0.235. The lowest BCUT2D eigenvalue weighted by atomic mass is 10.1. The number of benzene rings is 2. The number of nitro benzene ring substituents is 1. The molecule has 0 spiro atoms. The Morgan fingerprint density at radius 1 is 1.35 bits per heavy atom. The predicted molar refractivity (Wildman–Crippen MR) is 103 cm³/mol. The molecule has 0 fully saturated rings. The van der Waals surface area contributed by atoms with Gasteiger partial charge in [-0.25, -0.2) is 4.99 Å². The molecule has 0 saturated carbocycles. The summed E-state index contributed by atoms with van der Waals surface area (Å²) < 4.78 is 5.21. The summed E-state index contributed by atoms with van der Waals surface area (Å²) in [4.78, 5) is 14.7. The molecule has 0 aliphatic carbocycles. The highest BCUT2D eigenvalue weighted by atomic mass is 35.5. The molecule has 1 atom stereocenters. The van der Waals surface area contributed by atoms with E-state index in [-0.39, 0.29) is 24.2 Å². The van der Waals surface area contributed by atoms with Gasteiger partial charge < -0.3 is 15.8 Å². The van der Waals surface area contributed by atoms with Crippen LogP contribution in [0.3, 0.4) is 0 Å². The topological polar surface area (TPSA) is 103 Å². The SMILES string of the molecule is COc1ccc([N+](=O)[O-])cc1CN=C(N)NC(C)c1ccc(Cl)cc1Cl. The highest BCUT2D eigenvalue weighted by molar-refractivity contribution is 6.35. The van der Waals surface area contributed by atoms with Gasteiger partial charge in [-0.1, -0.05) is 29.3 Å². The third kappa shape index (κ3) is 5.00. The molecular weight excluding hydrogens is 379 g/mol. The average Bonchev–Trinajstić information content (AvgIpc) is 2.59. The van der Waals surface area contributed by atoms with Crippen molar-refractivity contribution in [3.63, 3.8) is 0 Å². The first-order valence-electron chi connectivity index (χ1n) is 7.64. The van der Waals surface area contributed by atoms with Gasteiger partial charge in [0, 0.05) is 27.7 Å². The number of hydrogen-bond acceptors (Lipinski definition) is 4. The second-order valence-corrected chi connectivity index (χ2v) is 6.33. The maximum atomic E-state index is 10.9. The molecule has 0 amide bonds. The molecule has 0 heterocycles. The molecular formula is C17H18Cl2N4O3. The summed E-state index contributed by atoms with van der Waals surface area (Å²) in [7, 11) is 1.49. The van der Waals surface area contributed by atoms with Crippen LogP contribution in [0.5, 0.6) is 5.75 Å². The van der Waals surface area contributed by atoms with Crippen molar-refractivity contribution < 1.29 is 9.66 Å². The van der Waals surface area contributed by atoms with E-state index in [2.05, 4.69) is 10.3 Å². The summed E-state index contributed by atoms with van der Waals surface area (Å²) >= 11 is 12.1. The van der Waals surface area contributed by atoms with Crippen LogP contribution in [0, 0.1) is 10.1 Å². The van der Waals surface area contributed by atoms with Crippen molar-refractivity contribution in [2.24, 2.45) is 10.7 Å². The Labute approximate surface area is 160 Å². The van der Waals surface area contributed by atoms with E-state index >= 15 is 0 Å². The Bertz CT molecular complexity index is 843. The van der Waals surface area contributed by atoms with E-state index in [1.54, 1.807) is 18.2 Å². The maximum absolute atomic E-state index is 10.9. The van der Waals surface area contributed by atoms with E-state index in [0.29, 0.717) is 21.4 Å². The third-order valence-electron chi connectivity index (χ3n) is 3.69. The lowest BCUT2D eigenvalue weighted by Gasteiger charge is -2.16. The molecule has 1 unspecified atom stereocenters. The van der Waals surface area contributed by atoms with Crippen molar-refractivity contribution in [3.8, 4) is 5.75 Å². The van der Waals surface area contributed by atoms with Crippen molar-refractivity contribution in [2.45, 2.75) is 19.5 Å². The minimum atomic E-state index is -0.473. The molecule has 0 saturated heterocycles. The van der Waals surface area contributed by atoms with Crippen molar-refractivity contribution in [3.05, 3.63) is 67.7 Å². The van der Waals surface area contributed by atoms with Crippen LogP contribution in [0.15, 0.2) is 41.4 Å². The van der Waals surface area contributed by atoms with Gasteiger partial charge in [-0.2, -0.15) is 0 Å². The van der Waals surface area contributed by atoms with E-state index in [4.69, 9.17) is 33.7 Å². The van der Waals surface area contributed by atoms with E-state index < -0.39 is 4.92 Å². The number of halogens is 2. The highest BCUT2D eigenvalue weighted by Crippen LogP contribution is 2.26. The molecule has 9 heteroatoms. The minimum absolute atomic E-state index is 0.0381. The van der Waals surface area contributed by atoms with Gasteiger partial charge in [0.1, 0.15) is 5.75 Å². The number of guanidine groups is 1. The first-order chi connectivity index (χ1) is 12.3. The van der Waals surface area contributed by atoms with E-state index in [0.717, 1.165) is 5.56 Å². The summed E-state index contributed by atoms with van der Waals surface area (Å²) in [6.07, 6.45) is 0. The van der Waals surface area contributed by atoms with Crippen molar-refractivity contribution in [1.82, 2.24) is 5.32 Å². The van der Waals surface area contributed by atoms with Gasteiger partial charge in [-0.05, 0) is 30.7 Å². The number of rotatable bonds is 6. The van der Waals surface area contributed by atoms with Gasteiger partial charge in [-0.3, -0.25) is 10.1 Å². The minimum Gasteiger partial charge on any atom is -0.496 e. The zero-order chi connectivity index (χ0) is 19.3. The number of nitro groups is 1. The van der Waals surface area contributed by atoms with Crippen LogP contribution in [0.4, 0.5) is 5.69 Å². The van der Waals surface area contributed by atoms with Gasteiger partial charge in [0.15, 0.2) is 5.96 Å². The lowest BCUT2D eigenvalue weighted by Crippen LogP contribution is -2.34. The van der Waals surface area contributed by atoms with Gasteiger partial charge in [-0.15, -0.1) is 0 Å². The largest absolute Gasteiger partial charge is 0.496 e. The Balaban J connectivity index is 2.12.